The average molecular weight is 638 g/mol. The summed E-state index contributed by atoms with van der Waals surface area (Å²) >= 11 is 0. The second-order valence-corrected chi connectivity index (χ2v) is 15.2. The van der Waals surface area contributed by atoms with E-state index in [1.165, 1.54) is 46.9 Å². The monoisotopic (exact) mass is 637 g/mol. The largest absolute Gasteiger partial charge is 0.476 e. The molecule has 0 radical (unpaired) electrons. The molecule has 1 aliphatic heterocycles. The summed E-state index contributed by atoms with van der Waals surface area (Å²) in [5, 5.41) is 8.35. The summed E-state index contributed by atoms with van der Waals surface area (Å²) in [6, 6.07) is 4.43. The quantitative estimate of drug-likeness (QED) is 0.374. The van der Waals surface area contributed by atoms with E-state index in [1.807, 2.05) is 18.7 Å². The smallest absolute Gasteiger partial charge is 0.397 e. The molecule has 4 heterocycles. The number of nitrogens with one attached hydrogen (secondary N) is 1. The van der Waals surface area contributed by atoms with E-state index in [-0.39, 0.29) is 57.8 Å². The Morgan fingerprint density at radius 1 is 1.14 bits per heavy atom. The number of halogens is 3. The van der Waals surface area contributed by atoms with Crippen LogP contribution >= 0.6 is 0 Å². The van der Waals surface area contributed by atoms with Crippen LogP contribution in [0, 0.1) is 23.7 Å². The summed E-state index contributed by atoms with van der Waals surface area (Å²) < 4.78 is 76.7. The molecule has 5 rings (SSSR count). The topological polar surface area (TPSA) is 124 Å². The number of alkyl halides is 3. The molecule has 1 aliphatic carbocycles. The molecule has 1 amide bonds. The highest BCUT2D eigenvalue weighted by Gasteiger charge is 2.64. The number of aromatic nitrogens is 5. The molecule has 15 heteroatoms. The van der Waals surface area contributed by atoms with Gasteiger partial charge in [-0.2, -0.15) is 18.3 Å². The van der Waals surface area contributed by atoms with Crippen molar-refractivity contribution in [3.05, 3.63) is 41.9 Å². The second-order valence-electron chi connectivity index (χ2n) is 13.6. The summed E-state index contributed by atoms with van der Waals surface area (Å²) in [6.07, 6.45) is -0.679. The van der Waals surface area contributed by atoms with E-state index in [0.717, 1.165) is 6.42 Å². The minimum Gasteiger partial charge on any atom is -0.476 e. The van der Waals surface area contributed by atoms with E-state index in [0.29, 0.717) is 6.54 Å². The van der Waals surface area contributed by atoms with Crippen LogP contribution in [0.1, 0.15) is 69.9 Å². The SMILES string of the molecule is Cc1nn(C)cc1S(=O)(=O)NC(=O)c1ccc(-n2ccc(OCC3(C(F)(F)F)CC3)n2)nc1N1CC(C(C)(C)C)CC1(C)C. The Bertz CT molecular complexity index is 1680. The first-order chi connectivity index (χ1) is 20.2. The van der Waals surface area contributed by atoms with Crippen LogP contribution in [0.2, 0.25) is 0 Å². The van der Waals surface area contributed by atoms with Crippen LogP contribution in [-0.4, -0.2) is 63.7 Å². The van der Waals surface area contributed by atoms with Crippen molar-refractivity contribution in [3.63, 3.8) is 0 Å². The van der Waals surface area contributed by atoms with E-state index in [2.05, 4.69) is 35.7 Å². The van der Waals surface area contributed by atoms with E-state index in [4.69, 9.17) is 9.72 Å². The summed E-state index contributed by atoms with van der Waals surface area (Å²) in [4.78, 5) is 20.3. The number of aryl methyl sites for hydroxylation is 2. The predicted molar refractivity (Wildman–Crippen MR) is 156 cm³/mol. The zero-order valence-corrected chi connectivity index (χ0v) is 26.7. The average Bonchev–Trinajstić information content (AvgIpc) is 3.23. The molecule has 2 aliphatic rings. The highest BCUT2D eigenvalue weighted by Crippen LogP contribution is 2.57. The molecule has 0 bridgehead atoms. The van der Waals surface area contributed by atoms with Crippen LogP contribution in [-0.2, 0) is 17.1 Å². The molecule has 240 valence electrons. The van der Waals surface area contributed by atoms with Gasteiger partial charge >= 0.3 is 6.18 Å². The van der Waals surface area contributed by atoms with E-state index < -0.39 is 39.7 Å². The van der Waals surface area contributed by atoms with Crippen molar-refractivity contribution in [2.45, 2.75) is 77.4 Å². The fourth-order valence-electron chi connectivity index (χ4n) is 5.61. The molecule has 3 aromatic heterocycles. The number of rotatable bonds is 8. The molecule has 1 saturated carbocycles. The van der Waals surface area contributed by atoms with Gasteiger partial charge in [-0.25, -0.2) is 22.8 Å². The maximum Gasteiger partial charge on any atom is 0.397 e. The summed E-state index contributed by atoms with van der Waals surface area (Å²) in [5.41, 5.74) is -2.03. The van der Waals surface area contributed by atoms with Crippen LogP contribution in [0.5, 0.6) is 5.88 Å². The molecule has 1 N–H and O–H groups in total. The van der Waals surface area contributed by atoms with Gasteiger partial charge in [-0.1, -0.05) is 20.8 Å². The Morgan fingerprint density at radius 3 is 2.36 bits per heavy atom. The number of hydrogen-bond acceptors (Lipinski definition) is 8. The lowest BCUT2D eigenvalue weighted by Gasteiger charge is -2.34. The number of carbonyl (C=O) groups excluding carboxylic acids is 1. The van der Waals surface area contributed by atoms with Gasteiger partial charge < -0.3 is 9.64 Å². The summed E-state index contributed by atoms with van der Waals surface area (Å²) in [6.45, 7) is 12.1. The Hall–Kier alpha value is -3.62. The predicted octanol–water partition coefficient (Wildman–Crippen LogP) is 4.80. The third kappa shape index (κ3) is 6.02. The Labute approximate surface area is 254 Å². The molecule has 1 saturated heterocycles. The number of ether oxygens (including phenoxy) is 1. The summed E-state index contributed by atoms with van der Waals surface area (Å²) in [5.74, 6) is -0.0542. The van der Waals surface area contributed by atoms with E-state index in [9.17, 15) is 26.4 Å². The minimum absolute atomic E-state index is 0.0120. The number of hydrogen-bond donors (Lipinski definition) is 1. The van der Waals surface area contributed by atoms with Crippen molar-refractivity contribution < 1.29 is 31.1 Å². The van der Waals surface area contributed by atoms with Crippen LogP contribution in [0.4, 0.5) is 19.0 Å². The van der Waals surface area contributed by atoms with Gasteiger partial charge in [-0.3, -0.25) is 9.48 Å². The number of amides is 1. The Kier molecular flexibility index (Phi) is 7.58. The molecular weight excluding hydrogens is 599 g/mol. The number of carbonyl (C=O) groups is 1. The number of sulfonamides is 1. The van der Waals surface area contributed by atoms with Crippen molar-refractivity contribution in [2.75, 3.05) is 18.1 Å². The molecular formula is C29H38F3N7O4S. The van der Waals surface area contributed by atoms with E-state index in [1.54, 1.807) is 7.05 Å². The van der Waals surface area contributed by atoms with Gasteiger partial charge in [0.2, 0.25) is 5.88 Å². The van der Waals surface area contributed by atoms with Gasteiger partial charge in [-0.05, 0) is 63.5 Å². The Balaban J connectivity index is 1.49. The maximum atomic E-state index is 13.6. The number of pyridine rings is 1. The van der Waals surface area contributed by atoms with Crippen molar-refractivity contribution >= 4 is 21.7 Å². The maximum absolute atomic E-state index is 13.6. The normalized spacial score (nSPS) is 19.7. The first-order valence-electron chi connectivity index (χ1n) is 14.3. The van der Waals surface area contributed by atoms with Gasteiger partial charge in [0, 0.05) is 37.6 Å². The van der Waals surface area contributed by atoms with Gasteiger partial charge in [0.1, 0.15) is 22.7 Å². The van der Waals surface area contributed by atoms with Crippen LogP contribution in [0.15, 0.2) is 35.5 Å². The molecule has 1 atom stereocenters. The fraction of sp³-hybridized carbons (Fsp3) is 0.586. The van der Waals surface area contributed by atoms with Crippen molar-refractivity contribution in [1.82, 2.24) is 29.3 Å². The highest BCUT2D eigenvalue weighted by atomic mass is 32.2. The molecule has 11 nitrogen and oxygen atoms in total. The lowest BCUT2D eigenvalue weighted by molar-refractivity contribution is -0.194. The van der Waals surface area contributed by atoms with E-state index >= 15 is 0 Å². The van der Waals surface area contributed by atoms with Gasteiger partial charge in [0.25, 0.3) is 15.9 Å². The molecule has 44 heavy (non-hydrogen) atoms. The lowest BCUT2D eigenvalue weighted by Crippen LogP contribution is -2.41. The first kappa shape index (κ1) is 31.8. The van der Waals surface area contributed by atoms with Crippen LogP contribution in [0.25, 0.3) is 5.82 Å². The molecule has 3 aromatic rings. The van der Waals surface area contributed by atoms with Gasteiger partial charge in [0.15, 0.2) is 5.82 Å². The number of anilines is 1. The standard InChI is InChI=1S/C29H38F3N7O4S/c1-18-21(16-37(7)34-18)44(41,42)36-25(40)20-8-9-22(33-24(20)38-15-19(26(2,3)4)14-27(38,5)6)39-13-10-23(35-39)43-17-28(11-12-28)29(30,31)32/h8-10,13,16,19H,11-12,14-15,17H2,1-7H3,(H,36,40). The van der Waals surface area contributed by atoms with Crippen molar-refractivity contribution in [3.8, 4) is 11.7 Å². The zero-order valence-electron chi connectivity index (χ0n) is 25.9. The third-order valence-corrected chi connectivity index (χ3v) is 10.1. The molecule has 1 unspecified atom stereocenters. The lowest BCUT2D eigenvalue weighted by atomic mass is 9.78. The second kappa shape index (κ2) is 10.5. The first-order valence-corrected chi connectivity index (χ1v) is 15.8. The molecule has 2 fully saturated rings. The molecule has 0 aromatic carbocycles. The van der Waals surface area contributed by atoms with Crippen molar-refractivity contribution in [1.29, 1.82) is 0 Å². The highest BCUT2D eigenvalue weighted by molar-refractivity contribution is 7.90. The fourth-order valence-corrected chi connectivity index (χ4v) is 6.79. The van der Waals surface area contributed by atoms with Gasteiger partial charge in [0.05, 0.1) is 11.3 Å². The van der Waals surface area contributed by atoms with Crippen LogP contribution < -0.4 is 14.4 Å². The molecule has 0 spiro atoms. The zero-order chi connectivity index (χ0) is 32.5. The number of nitrogens with zero attached hydrogens (tertiary/aromatic N) is 6. The third-order valence-electron chi connectivity index (χ3n) is 8.70. The minimum atomic E-state index is -4.35. The summed E-state index contributed by atoms with van der Waals surface area (Å²) in [7, 11) is -2.66. The van der Waals surface area contributed by atoms with Gasteiger partial charge in [-0.15, -0.1) is 5.10 Å². The van der Waals surface area contributed by atoms with Crippen LogP contribution in [0.3, 0.4) is 0 Å². The van der Waals surface area contributed by atoms with Crippen molar-refractivity contribution in [2.24, 2.45) is 23.8 Å². The Morgan fingerprint density at radius 2 is 1.82 bits per heavy atom.